The van der Waals surface area contributed by atoms with Crippen LogP contribution in [0.5, 0.6) is 0 Å². The number of halogens is 1. The molecule has 0 aliphatic carbocycles. The van der Waals surface area contributed by atoms with E-state index in [0.717, 1.165) is 9.48 Å². The van der Waals surface area contributed by atoms with Gasteiger partial charge >= 0.3 is 0 Å². The fourth-order valence-electron chi connectivity index (χ4n) is 1.54. The van der Waals surface area contributed by atoms with Crippen LogP contribution in [-0.2, 0) is 0 Å². The van der Waals surface area contributed by atoms with Gasteiger partial charge in [0.1, 0.15) is 0 Å². The van der Waals surface area contributed by atoms with Crippen molar-refractivity contribution in [1.82, 2.24) is 10.3 Å². The van der Waals surface area contributed by atoms with E-state index in [1.54, 1.807) is 23.6 Å². The lowest BCUT2D eigenvalue weighted by Gasteiger charge is -2.10. The van der Waals surface area contributed by atoms with Crippen LogP contribution in [0.15, 0.2) is 40.3 Å². The quantitative estimate of drug-likeness (QED) is 0.936. The van der Waals surface area contributed by atoms with Crippen LogP contribution in [0.25, 0.3) is 0 Å². The predicted octanol–water partition coefficient (Wildman–Crippen LogP) is 3.44. The van der Waals surface area contributed by atoms with Gasteiger partial charge in [-0.1, -0.05) is 28.9 Å². The van der Waals surface area contributed by atoms with Gasteiger partial charge in [-0.25, -0.2) is 4.98 Å². The molecule has 1 heterocycles. The summed E-state index contributed by atoms with van der Waals surface area (Å²) in [5, 5.41) is 5.91. The summed E-state index contributed by atoms with van der Waals surface area (Å²) in [7, 11) is 0. The SMILES string of the molecule is CC(CNC(=O)c1cccc(Br)c1)c1nccs1. The number of benzene rings is 1. The molecule has 1 unspecified atom stereocenters. The molecule has 1 amide bonds. The largest absolute Gasteiger partial charge is 0.351 e. The van der Waals surface area contributed by atoms with E-state index >= 15 is 0 Å². The molecule has 0 saturated heterocycles. The summed E-state index contributed by atoms with van der Waals surface area (Å²) in [6, 6.07) is 7.36. The molecule has 18 heavy (non-hydrogen) atoms. The van der Waals surface area contributed by atoms with Crippen molar-refractivity contribution in [3.8, 4) is 0 Å². The zero-order valence-corrected chi connectivity index (χ0v) is 12.3. The first-order valence-electron chi connectivity index (χ1n) is 5.60. The smallest absolute Gasteiger partial charge is 0.251 e. The van der Waals surface area contributed by atoms with E-state index < -0.39 is 0 Å². The van der Waals surface area contributed by atoms with Gasteiger partial charge < -0.3 is 5.32 Å². The van der Waals surface area contributed by atoms with E-state index in [-0.39, 0.29) is 11.8 Å². The number of rotatable bonds is 4. The Morgan fingerprint density at radius 1 is 1.56 bits per heavy atom. The van der Waals surface area contributed by atoms with Crippen molar-refractivity contribution in [3.05, 3.63) is 50.9 Å². The first kappa shape index (κ1) is 13.2. The highest BCUT2D eigenvalue weighted by molar-refractivity contribution is 9.10. The number of aromatic nitrogens is 1. The summed E-state index contributed by atoms with van der Waals surface area (Å²) >= 11 is 4.96. The zero-order chi connectivity index (χ0) is 13.0. The molecule has 94 valence electrons. The van der Waals surface area contributed by atoms with Gasteiger partial charge in [-0.15, -0.1) is 11.3 Å². The van der Waals surface area contributed by atoms with Crippen molar-refractivity contribution in [3.63, 3.8) is 0 Å². The summed E-state index contributed by atoms with van der Waals surface area (Å²) in [4.78, 5) is 16.2. The predicted molar refractivity (Wildman–Crippen MR) is 77.0 cm³/mol. The third-order valence-electron chi connectivity index (χ3n) is 2.53. The zero-order valence-electron chi connectivity index (χ0n) is 9.89. The van der Waals surface area contributed by atoms with Crippen molar-refractivity contribution in [2.24, 2.45) is 0 Å². The molecule has 2 aromatic rings. The van der Waals surface area contributed by atoms with Crippen LogP contribution in [0.1, 0.15) is 28.2 Å². The van der Waals surface area contributed by atoms with Crippen LogP contribution in [0.3, 0.4) is 0 Å². The molecule has 0 spiro atoms. The minimum Gasteiger partial charge on any atom is -0.351 e. The molecule has 0 bridgehead atoms. The van der Waals surface area contributed by atoms with Crippen LogP contribution in [0.4, 0.5) is 0 Å². The molecular weight excluding hydrogens is 312 g/mol. The molecule has 1 N–H and O–H groups in total. The monoisotopic (exact) mass is 324 g/mol. The Balaban J connectivity index is 1.92. The highest BCUT2D eigenvalue weighted by Gasteiger charge is 2.11. The van der Waals surface area contributed by atoms with Crippen molar-refractivity contribution in [1.29, 1.82) is 0 Å². The number of hydrogen-bond acceptors (Lipinski definition) is 3. The van der Waals surface area contributed by atoms with Crippen molar-refractivity contribution in [2.75, 3.05) is 6.54 Å². The lowest BCUT2D eigenvalue weighted by atomic mass is 10.1. The molecule has 5 heteroatoms. The first-order chi connectivity index (χ1) is 8.66. The number of carbonyl (C=O) groups excluding carboxylic acids is 1. The van der Waals surface area contributed by atoms with E-state index in [4.69, 9.17) is 0 Å². The third-order valence-corrected chi connectivity index (χ3v) is 4.03. The average Bonchev–Trinajstić information content (AvgIpc) is 2.89. The Bertz CT molecular complexity index is 528. The second-order valence-electron chi connectivity index (χ2n) is 3.99. The lowest BCUT2D eigenvalue weighted by molar-refractivity contribution is 0.0951. The number of amides is 1. The van der Waals surface area contributed by atoms with Gasteiger partial charge in [-0.3, -0.25) is 4.79 Å². The Hall–Kier alpha value is -1.20. The molecule has 3 nitrogen and oxygen atoms in total. The molecular formula is C13H13BrN2OS. The maximum absolute atomic E-state index is 11.9. The first-order valence-corrected chi connectivity index (χ1v) is 7.27. The van der Waals surface area contributed by atoms with E-state index in [0.29, 0.717) is 12.1 Å². The summed E-state index contributed by atoms with van der Waals surface area (Å²) < 4.78 is 0.906. The molecule has 0 radical (unpaired) electrons. The van der Waals surface area contributed by atoms with Crippen molar-refractivity contribution in [2.45, 2.75) is 12.8 Å². The van der Waals surface area contributed by atoms with Gasteiger partial charge in [-0.2, -0.15) is 0 Å². The van der Waals surface area contributed by atoms with Gasteiger partial charge in [-0.05, 0) is 18.2 Å². The van der Waals surface area contributed by atoms with Gasteiger partial charge in [0.25, 0.3) is 5.91 Å². The van der Waals surface area contributed by atoms with E-state index in [1.807, 2.05) is 23.6 Å². The summed E-state index contributed by atoms with van der Waals surface area (Å²) in [5.74, 6) is 0.181. The van der Waals surface area contributed by atoms with Gasteiger partial charge in [0.15, 0.2) is 0 Å². The molecule has 0 aliphatic rings. The average molecular weight is 325 g/mol. The minimum absolute atomic E-state index is 0.0558. The standard InChI is InChI=1S/C13H13BrN2OS/c1-9(13-15-5-6-18-13)8-16-12(17)10-3-2-4-11(14)7-10/h2-7,9H,8H2,1H3,(H,16,17). The lowest BCUT2D eigenvalue weighted by Crippen LogP contribution is -2.27. The minimum atomic E-state index is -0.0558. The summed E-state index contributed by atoms with van der Waals surface area (Å²) in [6.45, 7) is 2.65. The molecule has 1 atom stereocenters. The molecule has 0 fully saturated rings. The van der Waals surface area contributed by atoms with Crippen LogP contribution in [-0.4, -0.2) is 17.4 Å². The van der Waals surface area contributed by atoms with Gasteiger partial charge in [0, 0.05) is 34.1 Å². The molecule has 0 saturated carbocycles. The Kier molecular flexibility index (Phi) is 4.49. The van der Waals surface area contributed by atoms with Crippen molar-refractivity contribution < 1.29 is 4.79 Å². The number of hydrogen-bond donors (Lipinski definition) is 1. The third kappa shape index (κ3) is 3.40. The summed E-state index contributed by atoms with van der Waals surface area (Å²) in [6.07, 6.45) is 1.78. The highest BCUT2D eigenvalue weighted by atomic mass is 79.9. The number of carbonyl (C=O) groups is 1. The molecule has 1 aromatic carbocycles. The second kappa shape index (κ2) is 6.11. The normalized spacial score (nSPS) is 12.1. The number of nitrogens with one attached hydrogen (secondary N) is 1. The Morgan fingerprint density at radius 3 is 3.06 bits per heavy atom. The fraction of sp³-hybridized carbons (Fsp3) is 0.231. The second-order valence-corrected chi connectivity index (χ2v) is 5.83. The molecule has 2 rings (SSSR count). The van der Waals surface area contributed by atoms with Crippen LogP contribution in [0, 0.1) is 0 Å². The highest BCUT2D eigenvalue weighted by Crippen LogP contribution is 2.17. The Labute approximate surface area is 118 Å². The van der Waals surface area contributed by atoms with E-state index in [2.05, 4.69) is 33.2 Å². The van der Waals surface area contributed by atoms with Gasteiger partial charge in [0.2, 0.25) is 0 Å². The van der Waals surface area contributed by atoms with Gasteiger partial charge in [0.05, 0.1) is 5.01 Å². The van der Waals surface area contributed by atoms with E-state index in [1.165, 1.54) is 0 Å². The maximum Gasteiger partial charge on any atom is 0.251 e. The fourth-order valence-corrected chi connectivity index (χ4v) is 2.64. The molecule has 0 aliphatic heterocycles. The number of thiazole rings is 1. The maximum atomic E-state index is 11.9. The van der Waals surface area contributed by atoms with E-state index in [9.17, 15) is 4.79 Å². The van der Waals surface area contributed by atoms with Crippen molar-refractivity contribution >= 4 is 33.2 Å². The van der Waals surface area contributed by atoms with Crippen LogP contribution in [0.2, 0.25) is 0 Å². The van der Waals surface area contributed by atoms with Crippen LogP contribution >= 0.6 is 27.3 Å². The number of nitrogens with zero attached hydrogens (tertiary/aromatic N) is 1. The Morgan fingerprint density at radius 2 is 2.39 bits per heavy atom. The molecule has 1 aromatic heterocycles. The topological polar surface area (TPSA) is 42.0 Å². The summed E-state index contributed by atoms with van der Waals surface area (Å²) in [5.41, 5.74) is 0.663. The van der Waals surface area contributed by atoms with Crippen LogP contribution < -0.4 is 5.32 Å².